The molecule has 0 aliphatic heterocycles. The summed E-state index contributed by atoms with van der Waals surface area (Å²) in [5, 5.41) is 12.6. The molecule has 0 radical (unpaired) electrons. The molecule has 174 valence electrons. The number of carbonyl (C=O) groups is 1. The maximum atomic E-state index is 10.1. The second-order valence-corrected chi connectivity index (χ2v) is 9.06. The number of carbonyl (C=O) groups excluding carboxylic acids is 1. The van der Waals surface area contributed by atoms with Crippen LogP contribution in [0.5, 0.6) is 5.75 Å². The number of thiophene rings is 1. The third-order valence-electron chi connectivity index (χ3n) is 5.42. The number of nitriles is 1. The minimum Gasteiger partial charge on any atom is -0.494 e. The van der Waals surface area contributed by atoms with Gasteiger partial charge in [-0.15, -0.1) is 24.0 Å². The molecule has 0 spiro atoms. The molecule has 0 saturated heterocycles. The van der Waals surface area contributed by atoms with Crippen LogP contribution in [-0.2, 0) is 17.6 Å². The van der Waals surface area contributed by atoms with Crippen LogP contribution in [0.2, 0.25) is 0 Å². The van der Waals surface area contributed by atoms with E-state index >= 15 is 0 Å². The van der Waals surface area contributed by atoms with E-state index in [9.17, 15) is 4.79 Å². The highest BCUT2D eigenvalue weighted by Crippen LogP contribution is 2.40. The van der Waals surface area contributed by atoms with Crippen molar-refractivity contribution in [2.75, 3.05) is 31.2 Å². The average Bonchev–Trinajstić information content (AvgIpc) is 3.22. The topological polar surface area (TPSA) is 117 Å². The molecule has 1 aliphatic carbocycles. The number of anilines is 3. The predicted molar refractivity (Wildman–Crippen MR) is 136 cm³/mol. The Bertz CT molecular complexity index is 1160. The monoisotopic (exact) mass is 484 g/mol. The number of amides is 1. The third kappa shape index (κ3) is 5.86. The Morgan fingerprint density at radius 2 is 2.15 bits per heavy atom. The second-order valence-electron chi connectivity index (χ2n) is 7.49. The highest BCUT2D eigenvalue weighted by Gasteiger charge is 2.20. The minimum absolute atomic E-state index is 0.423. The van der Waals surface area contributed by atoms with E-state index in [1.807, 2.05) is 19.1 Å². The number of fused-ring (bicyclic) bond motifs is 3. The van der Waals surface area contributed by atoms with Gasteiger partial charge in [0, 0.05) is 34.6 Å². The van der Waals surface area contributed by atoms with E-state index in [1.165, 1.54) is 23.3 Å². The molecule has 4 rings (SSSR count). The summed E-state index contributed by atoms with van der Waals surface area (Å²) in [4.78, 5) is 23.8. The van der Waals surface area contributed by atoms with Crippen molar-refractivity contribution in [3.63, 3.8) is 0 Å². The van der Waals surface area contributed by atoms with Gasteiger partial charge < -0.3 is 20.7 Å². The highest BCUT2D eigenvalue weighted by molar-refractivity contribution is 7.80. The zero-order chi connectivity index (χ0) is 23.8. The summed E-state index contributed by atoms with van der Waals surface area (Å²) in [6, 6.07) is 5.60. The zero-order valence-corrected chi connectivity index (χ0v) is 20.5. The van der Waals surface area contributed by atoms with Crippen molar-refractivity contribution in [1.29, 1.82) is 5.26 Å². The summed E-state index contributed by atoms with van der Waals surface area (Å²) < 4.78 is 5.44. The van der Waals surface area contributed by atoms with Gasteiger partial charge in [0.1, 0.15) is 22.7 Å². The highest BCUT2D eigenvalue weighted by atomic mass is 32.1. The molecule has 2 heterocycles. The van der Waals surface area contributed by atoms with E-state index in [0.29, 0.717) is 35.8 Å². The normalized spacial score (nSPS) is 12.2. The quantitative estimate of drug-likeness (QED) is 0.255. The Hall–Kier alpha value is -3.03. The molecule has 0 saturated carbocycles. The van der Waals surface area contributed by atoms with E-state index in [1.54, 1.807) is 35.7 Å². The van der Waals surface area contributed by atoms with Gasteiger partial charge in [0.25, 0.3) is 0 Å². The van der Waals surface area contributed by atoms with Crippen LogP contribution in [-0.4, -0.2) is 41.5 Å². The van der Waals surface area contributed by atoms with Gasteiger partial charge in [-0.25, -0.2) is 9.97 Å². The lowest BCUT2D eigenvalue weighted by atomic mass is 9.97. The number of methoxy groups -OCH3 is 1. The first-order valence-electron chi connectivity index (χ1n) is 10.8. The van der Waals surface area contributed by atoms with Crippen LogP contribution in [0.15, 0.2) is 23.4 Å². The van der Waals surface area contributed by atoms with E-state index in [0.717, 1.165) is 41.0 Å². The number of nitrogen functional groups attached to an aromatic ring is 1. The molecule has 1 aliphatic rings. The molecule has 0 bridgehead atoms. The van der Waals surface area contributed by atoms with Crippen LogP contribution in [0.25, 0.3) is 10.2 Å². The van der Waals surface area contributed by atoms with Crippen LogP contribution in [0.4, 0.5) is 17.2 Å². The summed E-state index contributed by atoms with van der Waals surface area (Å²) in [7, 11) is 1.63. The van der Waals surface area contributed by atoms with Crippen molar-refractivity contribution >= 4 is 57.8 Å². The number of ether oxygens (including phenoxy) is 1. The number of thiol groups is 1. The van der Waals surface area contributed by atoms with Crippen molar-refractivity contribution in [1.82, 2.24) is 14.9 Å². The fourth-order valence-corrected chi connectivity index (χ4v) is 5.06. The Balaban J connectivity index is 0.000000292. The summed E-state index contributed by atoms with van der Waals surface area (Å²) >= 11 is 6.19. The fraction of sp³-hybridized carbons (Fsp3) is 0.391. The molecule has 3 N–H and O–H groups in total. The van der Waals surface area contributed by atoms with Crippen LogP contribution < -0.4 is 15.8 Å². The number of hydrogen-bond acceptors (Lipinski definition) is 9. The first-order chi connectivity index (χ1) is 16.0. The van der Waals surface area contributed by atoms with Crippen LogP contribution >= 0.6 is 24.0 Å². The summed E-state index contributed by atoms with van der Waals surface area (Å²) in [5.74, 6) is 1.48. The number of hydrogen-bond donors (Lipinski definition) is 3. The van der Waals surface area contributed by atoms with Gasteiger partial charge in [-0.3, -0.25) is 4.79 Å². The van der Waals surface area contributed by atoms with Gasteiger partial charge in [0.15, 0.2) is 0 Å². The number of nitrogens with one attached hydrogen (secondary N) is 1. The lowest BCUT2D eigenvalue weighted by molar-refractivity contribution is -0.117. The zero-order valence-electron chi connectivity index (χ0n) is 18.8. The predicted octanol–water partition coefficient (Wildman–Crippen LogP) is 4.57. The van der Waals surface area contributed by atoms with Gasteiger partial charge >= 0.3 is 0 Å². The third-order valence-corrected chi connectivity index (χ3v) is 7.01. The summed E-state index contributed by atoms with van der Waals surface area (Å²) in [6.07, 6.45) is 7.50. The lowest BCUT2D eigenvalue weighted by Gasteiger charge is -2.15. The maximum absolute atomic E-state index is 10.1. The molecule has 0 fully saturated rings. The summed E-state index contributed by atoms with van der Waals surface area (Å²) in [6.45, 7) is 3.12. The molecule has 3 aromatic rings. The van der Waals surface area contributed by atoms with Crippen LogP contribution in [0, 0.1) is 11.3 Å². The minimum atomic E-state index is 0.423. The summed E-state index contributed by atoms with van der Waals surface area (Å²) in [5.41, 5.74) is 8.69. The number of benzene rings is 1. The van der Waals surface area contributed by atoms with Gasteiger partial charge in [0.05, 0.1) is 30.7 Å². The number of rotatable bonds is 7. The SMILES string of the molecule is CCN(C=O)CCC#N.COc1cc(N)c(S)cc1Nc1ncnc2sc3c(c12)CCCC3. The average molecular weight is 485 g/mol. The smallest absolute Gasteiger partial charge is 0.209 e. The molecule has 1 amide bonds. The Morgan fingerprint density at radius 1 is 1.36 bits per heavy atom. The molecule has 1 aromatic carbocycles. The van der Waals surface area contributed by atoms with Crippen molar-refractivity contribution in [3.05, 3.63) is 28.9 Å². The second kappa shape index (κ2) is 11.7. The first kappa shape index (κ1) is 24.6. The van der Waals surface area contributed by atoms with E-state index in [-0.39, 0.29) is 0 Å². The lowest BCUT2D eigenvalue weighted by Crippen LogP contribution is -2.21. The van der Waals surface area contributed by atoms with Crippen molar-refractivity contribution in [3.8, 4) is 11.8 Å². The van der Waals surface area contributed by atoms with E-state index in [4.69, 9.17) is 15.7 Å². The standard InChI is InChI=1S/C17H18N4OS2.C6H10N2O/c1-22-12-6-10(18)13(23)7-11(12)21-16-15-9-4-2-3-5-14(9)24-17(15)20-8-19-16;1-2-8(6-9)5-3-4-7/h6-8,23H,2-5,18H2,1H3,(H,19,20,21);6H,2-3,5H2,1H3. The van der Waals surface area contributed by atoms with Crippen LogP contribution in [0.3, 0.4) is 0 Å². The number of aryl methyl sites for hydroxylation is 2. The number of nitrogens with zero attached hydrogens (tertiary/aromatic N) is 4. The number of nitrogens with two attached hydrogens (primary N) is 1. The molecular formula is C23H28N6O2S2. The van der Waals surface area contributed by atoms with Gasteiger partial charge in [0.2, 0.25) is 6.41 Å². The Labute approximate surface area is 203 Å². The van der Waals surface area contributed by atoms with Gasteiger partial charge in [-0.05, 0) is 44.2 Å². The number of aromatic nitrogens is 2. The van der Waals surface area contributed by atoms with Crippen molar-refractivity contribution < 1.29 is 9.53 Å². The Kier molecular flexibility index (Phi) is 8.74. The van der Waals surface area contributed by atoms with Crippen molar-refractivity contribution in [2.24, 2.45) is 0 Å². The molecular weight excluding hydrogens is 456 g/mol. The van der Waals surface area contributed by atoms with Crippen LogP contribution in [0.1, 0.15) is 36.6 Å². The molecule has 0 atom stereocenters. The van der Waals surface area contributed by atoms with Gasteiger partial charge in [-0.1, -0.05) is 0 Å². The Morgan fingerprint density at radius 3 is 2.85 bits per heavy atom. The molecule has 33 heavy (non-hydrogen) atoms. The first-order valence-corrected chi connectivity index (χ1v) is 12.0. The molecule has 10 heteroatoms. The molecule has 0 unspecified atom stereocenters. The van der Waals surface area contributed by atoms with Gasteiger partial charge in [-0.2, -0.15) is 5.26 Å². The molecule has 8 nitrogen and oxygen atoms in total. The van der Waals surface area contributed by atoms with Crippen molar-refractivity contribution in [2.45, 2.75) is 43.9 Å². The molecule has 2 aromatic heterocycles. The van der Waals surface area contributed by atoms with E-state index < -0.39 is 0 Å². The fourth-order valence-electron chi connectivity index (χ4n) is 3.64. The maximum Gasteiger partial charge on any atom is 0.209 e. The van der Waals surface area contributed by atoms with E-state index in [2.05, 4.69) is 27.9 Å². The largest absolute Gasteiger partial charge is 0.494 e.